The van der Waals surface area contributed by atoms with Crippen LogP contribution in [-0.2, 0) is 30.5 Å². The van der Waals surface area contributed by atoms with Gasteiger partial charge in [-0.3, -0.25) is 43.6 Å². The van der Waals surface area contributed by atoms with Crippen LogP contribution in [0.25, 0.3) is 10.9 Å². The lowest BCUT2D eigenvalue weighted by molar-refractivity contribution is -0.144. The van der Waals surface area contributed by atoms with Crippen molar-refractivity contribution in [1.29, 1.82) is 0 Å². The highest BCUT2D eigenvalue weighted by molar-refractivity contribution is 5.95. The zero-order chi connectivity index (χ0) is 43.1. The Balaban J connectivity index is 1.43. The van der Waals surface area contributed by atoms with Gasteiger partial charge in [-0.1, -0.05) is 109 Å². The summed E-state index contributed by atoms with van der Waals surface area (Å²) in [5.74, 6) is -3.90. The summed E-state index contributed by atoms with van der Waals surface area (Å²) in [4.78, 5) is 78.3. The molecule has 1 atom stereocenters. The van der Waals surface area contributed by atoms with Crippen LogP contribution in [0.2, 0.25) is 0 Å². The Morgan fingerprint density at radius 3 is 1.43 bits per heavy atom. The van der Waals surface area contributed by atoms with Gasteiger partial charge in [0.1, 0.15) is 6.04 Å². The molecule has 5 aromatic rings. The third-order valence-electron chi connectivity index (χ3n) is 10.9. The fourth-order valence-corrected chi connectivity index (χ4v) is 7.90. The number of carbonyl (C=O) groups excluding carboxylic acids is 2. The standard InChI is InChI=1S/C46H53N7O8/c54-40(30-49-20-22-50(31-41(55)56)24-26-52(33-43(59)60)27-25-51(23-21-49)32-42(57)58)53(44(35-14-6-2-7-15-35)36-16-8-3-9-17-36)45(38-29-47-39-19-11-10-18-37(38)39)46(61)48-28-34-12-4-1-5-13-34/h1-19,29,44-45,47H,20-28,30-33H2,(H,48,61)(H,55,56)(H,57,58)(H,59,60). The van der Waals surface area contributed by atoms with E-state index in [0.29, 0.717) is 5.56 Å². The Kier molecular flexibility index (Phi) is 15.7. The molecule has 1 unspecified atom stereocenters. The van der Waals surface area contributed by atoms with Gasteiger partial charge in [-0.2, -0.15) is 0 Å². The smallest absolute Gasteiger partial charge is 0.317 e. The Bertz CT molecular complexity index is 2150. The third-order valence-corrected chi connectivity index (χ3v) is 10.9. The Hall–Kier alpha value is -6.39. The molecule has 1 aromatic heterocycles. The van der Waals surface area contributed by atoms with Gasteiger partial charge in [0.25, 0.3) is 0 Å². The Labute approximate surface area is 354 Å². The number of nitrogens with zero attached hydrogens (tertiary/aromatic N) is 5. The van der Waals surface area contributed by atoms with E-state index in [0.717, 1.165) is 27.6 Å². The maximum atomic E-state index is 15.6. The highest BCUT2D eigenvalue weighted by Gasteiger charge is 2.40. The minimum Gasteiger partial charge on any atom is -0.480 e. The number of hydrogen-bond acceptors (Lipinski definition) is 9. The van der Waals surface area contributed by atoms with E-state index in [1.807, 2.05) is 120 Å². The van der Waals surface area contributed by atoms with Crippen LogP contribution in [0.4, 0.5) is 0 Å². The van der Waals surface area contributed by atoms with Crippen molar-refractivity contribution in [2.24, 2.45) is 0 Å². The van der Waals surface area contributed by atoms with Crippen LogP contribution in [0.5, 0.6) is 0 Å². The molecule has 1 aliphatic rings. The van der Waals surface area contributed by atoms with Crippen molar-refractivity contribution in [3.05, 3.63) is 144 Å². The van der Waals surface area contributed by atoms with Crippen molar-refractivity contribution < 1.29 is 39.3 Å². The molecular formula is C46H53N7O8. The Morgan fingerprint density at radius 1 is 0.557 bits per heavy atom. The molecule has 2 amide bonds. The van der Waals surface area contributed by atoms with Crippen LogP contribution in [0.3, 0.4) is 0 Å². The highest BCUT2D eigenvalue weighted by atomic mass is 16.4. The first-order chi connectivity index (χ1) is 29.5. The first kappa shape index (κ1) is 44.2. The molecular weight excluding hydrogens is 779 g/mol. The Morgan fingerprint density at radius 2 is 0.967 bits per heavy atom. The molecule has 1 saturated heterocycles. The number of fused-ring (bicyclic) bond motifs is 1. The number of aromatic nitrogens is 1. The van der Waals surface area contributed by atoms with E-state index >= 15 is 9.59 Å². The van der Waals surface area contributed by atoms with Crippen molar-refractivity contribution >= 4 is 40.6 Å². The molecule has 1 aliphatic heterocycles. The second kappa shape index (κ2) is 21.7. The summed E-state index contributed by atoms with van der Waals surface area (Å²) in [5.41, 5.74) is 3.84. The van der Waals surface area contributed by atoms with Crippen LogP contribution in [-0.4, -0.2) is 153 Å². The van der Waals surface area contributed by atoms with Crippen LogP contribution >= 0.6 is 0 Å². The minimum atomic E-state index is -1.14. The molecule has 1 fully saturated rings. The minimum absolute atomic E-state index is 0.187. The second-order valence-electron chi connectivity index (χ2n) is 15.2. The van der Waals surface area contributed by atoms with E-state index in [1.165, 1.54) is 0 Å². The number of carbonyl (C=O) groups is 5. The number of nitrogens with one attached hydrogen (secondary N) is 2. The highest BCUT2D eigenvalue weighted by Crippen LogP contribution is 2.38. The molecule has 61 heavy (non-hydrogen) atoms. The van der Waals surface area contributed by atoms with Crippen molar-refractivity contribution in [2.45, 2.75) is 18.6 Å². The van der Waals surface area contributed by atoms with Crippen molar-refractivity contribution in [1.82, 2.24) is 34.8 Å². The summed E-state index contributed by atoms with van der Waals surface area (Å²) in [6.07, 6.45) is 1.78. The first-order valence-electron chi connectivity index (χ1n) is 20.4. The molecule has 15 heteroatoms. The summed E-state index contributed by atoms with van der Waals surface area (Å²) in [6.45, 7) is 1.03. The van der Waals surface area contributed by atoms with E-state index in [-0.39, 0.29) is 91.0 Å². The molecule has 0 spiro atoms. The van der Waals surface area contributed by atoms with Gasteiger partial charge < -0.3 is 30.5 Å². The van der Waals surface area contributed by atoms with Gasteiger partial charge in [0.05, 0.1) is 32.2 Å². The number of benzene rings is 4. The fourth-order valence-electron chi connectivity index (χ4n) is 7.90. The maximum Gasteiger partial charge on any atom is 0.317 e. The molecule has 4 aromatic carbocycles. The lowest BCUT2D eigenvalue weighted by Gasteiger charge is -2.40. The normalized spacial score (nSPS) is 15.7. The summed E-state index contributed by atoms with van der Waals surface area (Å²) >= 11 is 0. The van der Waals surface area contributed by atoms with E-state index < -0.39 is 35.9 Å². The van der Waals surface area contributed by atoms with Crippen LogP contribution in [0.15, 0.2) is 121 Å². The largest absolute Gasteiger partial charge is 0.480 e. The number of amides is 2. The molecule has 0 bridgehead atoms. The summed E-state index contributed by atoms with van der Waals surface area (Å²) in [7, 11) is 0. The number of para-hydroxylation sites is 1. The quantitative estimate of drug-likeness (QED) is 0.0973. The van der Waals surface area contributed by atoms with Crippen LogP contribution in [0, 0.1) is 0 Å². The molecule has 0 saturated carbocycles. The fraction of sp³-hybridized carbons (Fsp3) is 0.326. The lowest BCUT2D eigenvalue weighted by Crippen LogP contribution is -2.52. The van der Waals surface area contributed by atoms with Gasteiger partial charge in [0.15, 0.2) is 0 Å². The number of carboxylic acids is 3. The van der Waals surface area contributed by atoms with Gasteiger partial charge in [0.2, 0.25) is 11.8 Å². The van der Waals surface area contributed by atoms with Gasteiger partial charge in [-0.15, -0.1) is 0 Å². The van der Waals surface area contributed by atoms with E-state index in [9.17, 15) is 29.7 Å². The van der Waals surface area contributed by atoms with Gasteiger partial charge in [-0.25, -0.2) is 0 Å². The number of aliphatic carboxylic acids is 3. The molecule has 5 N–H and O–H groups in total. The number of aromatic amines is 1. The number of carboxylic acid groups (broad SMARTS) is 3. The van der Waals surface area contributed by atoms with Gasteiger partial charge in [0, 0.05) is 81.6 Å². The van der Waals surface area contributed by atoms with Crippen molar-refractivity contribution in [3.63, 3.8) is 0 Å². The van der Waals surface area contributed by atoms with Crippen LogP contribution < -0.4 is 5.32 Å². The maximum absolute atomic E-state index is 15.6. The molecule has 2 heterocycles. The number of hydrogen-bond donors (Lipinski definition) is 5. The third kappa shape index (κ3) is 12.6. The zero-order valence-electron chi connectivity index (χ0n) is 34.0. The monoisotopic (exact) mass is 831 g/mol. The summed E-state index contributed by atoms with van der Waals surface area (Å²) in [5, 5.41) is 33.1. The second-order valence-corrected chi connectivity index (χ2v) is 15.2. The topological polar surface area (TPSA) is 190 Å². The predicted octanol–water partition coefficient (Wildman–Crippen LogP) is 3.62. The van der Waals surface area contributed by atoms with E-state index in [1.54, 1.807) is 25.8 Å². The molecule has 15 nitrogen and oxygen atoms in total. The molecule has 0 aliphatic carbocycles. The van der Waals surface area contributed by atoms with Crippen LogP contribution in [0.1, 0.15) is 34.3 Å². The lowest BCUT2D eigenvalue weighted by atomic mass is 9.92. The average Bonchev–Trinajstić information content (AvgIpc) is 3.67. The number of H-pyrrole nitrogens is 1. The SMILES string of the molecule is O=C(O)CN1CCN(CC(=O)O)CCN(CC(=O)N(C(C(=O)NCc2ccccc2)c2c[nH]c3ccccc23)C(c2ccccc2)c2ccccc2)CCN(CC(=O)O)CC1. The first-order valence-corrected chi connectivity index (χ1v) is 20.4. The van der Waals surface area contributed by atoms with E-state index in [4.69, 9.17) is 0 Å². The molecule has 320 valence electrons. The summed E-state index contributed by atoms with van der Waals surface area (Å²) in [6, 6.07) is 34.4. The summed E-state index contributed by atoms with van der Waals surface area (Å²) < 4.78 is 0. The zero-order valence-corrected chi connectivity index (χ0v) is 34.0. The average molecular weight is 832 g/mol. The van der Waals surface area contributed by atoms with E-state index in [2.05, 4.69) is 10.3 Å². The number of rotatable bonds is 16. The van der Waals surface area contributed by atoms with Crippen molar-refractivity contribution in [3.8, 4) is 0 Å². The van der Waals surface area contributed by atoms with Crippen molar-refractivity contribution in [2.75, 3.05) is 78.5 Å². The molecule has 0 radical (unpaired) electrons. The van der Waals surface area contributed by atoms with Gasteiger partial charge in [-0.05, 0) is 22.8 Å². The molecule has 6 rings (SSSR count). The van der Waals surface area contributed by atoms with Gasteiger partial charge >= 0.3 is 17.9 Å². The predicted molar refractivity (Wildman–Crippen MR) is 230 cm³/mol.